The van der Waals surface area contributed by atoms with Crippen molar-refractivity contribution >= 4 is 38.5 Å². The summed E-state index contributed by atoms with van der Waals surface area (Å²) >= 11 is 0. The molecule has 3 fully saturated rings. The van der Waals surface area contributed by atoms with Crippen LogP contribution in [0, 0.1) is 28.6 Å². The van der Waals surface area contributed by atoms with Crippen molar-refractivity contribution in [1.29, 1.82) is 0 Å². The normalized spacial score (nSPS) is 26.4. The van der Waals surface area contributed by atoms with Crippen LogP contribution in [-0.2, 0) is 72.9 Å². The van der Waals surface area contributed by atoms with E-state index in [1.807, 2.05) is 30.3 Å². The number of methoxy groups -OCH3 is 1. The Labute approximate surface area is 475 Å². The van der Waals surface area contributed by atoms with Gasteiger partial charge in [-0.05, 0) is 85.2 Å². The van der Waals surface area contributed by atoms with Crippen LogP contribution in [0.25, 0.3) is 0 Å². The van der Waals surface area contributed by atoms with E-state index in [2.05, 4.69) is 82.3 Å². The summed E-state index contributed by atoms with van der Waals surface area (Å²) in [5.41, 5.74) is -0.767. The SMILES string of the molecule is CCCCCCCC(=O)O[C@H]1/C(=C/C(=O)OC)C[C@@H](C[C@@H](OC(=O)C[C@H](CC(=O)O[C@@H](C[C@@H]2CCO[C@@]3(C[C@H](C)CC[C@H]3C(C)C)O2)C(C)(C)C)O[Si](C)(C)C(C)(C)C)[C@@H](C)OCc2ccccc2)O[C@@]1(O)C(C)(C)/C=C/C=O. The highest BCUT2D eigenvalue weighted by atomic mass is 28.4. The maximum Gasteiger partial charge on any atom is 0.330 e. The average Bonchev–Trinajstić information content (AvgIpc) is 3.45. The van der Waals surface area contributed by atoms with Gasteiger partial charge < -0.3 is 47.4 Å². The van der Waals surface area contributed by atoms with E-state index in [9.17, 15) is 29.1 Å². The second kappa shape index (κ2) is 30.0. The Kier molecular flexibility index (Phi) is 25.7. The van der Waals surface area contributed by atoms with Crippen LogP contribution in [0.2, 0.25) is 18.1 Å². The van der Waals surface area contributed by atoms with Gasteiger partial charge in [0.2, 0.25) is 5.79 Å². The number of benzene rings is 1. The molecule has 0 amide bonds. The van der Waals surface area contributed by atoms with Crippen LogP contribution in [-0.4, -0.2) is 112 Å². The van der Waals surface area contributed by atoms with E-state index in [0.29, 0.717) is 44.0 Å². The topological polar surface area (TPSA) is 189 Å². The van der Waals surface area contributed by atoms with Crippen molar-refractivity contribution in [2.75, 3.05) is 13.7 Å². The van der Waals surface area contributed by atoms with Gasteiger partial charge in [0.15, 0.2) is 20.2 Å². The van der Waals surface area contributed by atoms with Gasteiger partial charge >= 0.3 is 23.9 Å². The molecule has 0 unspecified atom stereocenters. The van der Waals surface area contributed by atoms with Gasteiger partial charge in [0.25, 0.3) is 0 Å². The number of hydrogen-bond acceptors (Lipinski definition) is 15. The van der Waals surface area contributed by atoms with Gasteiger partial charge in [-0.2, -0.15) is 0 Å². The molecule has 1 spiro atoms. The van der Waals surface area contributed by atoms with Crippen LogP contribution in [0.15, 0.2) is 54.1 Å². The zero-order valence-corrected chi connectivity index (χ0v) is 52.2. The molecule has 4 rings (SSSR count). The lowest BCUT2D eigenvalue weighted by molar-refractivity contribution is -0.341. The minimum absolute atomic E-state index is 0.0476. The van der Waals surface area contributed by atoms with Gasteiger partial charge in [0.05, 0.1) is 57.6 Å². The predicted molar refractivity (Wildman–Crippen MR) is 307 cm³/mol. The molecule has 79 heavy (non-hydrogen) atoms. The van der Waals surface area contributed by atoms with Crippen molar-refractivity contribution in [3.63, 3.8) is 0 Å². The van der Waals surface area contributed by atoms with E-state index in [-0.39, 0.29) is 61.3 Å². The molecule has 0 aromatic heterocycles. The number of carbonyl (C=O) groups excluding carboxylic acids is 5. The van der Waals surface area contributed by atoms with Crippen LogP contribution in [0.1, 0.15) is 192 Å². The lowest BCUT2D eigenvalue weighted by Gasteiger charge is -2.51. The fourth-order valence-electron chi connectivity index (χ4n) is 10.9. The third-order valence-corrected chi connectivity index (χ3v) is 21.3. The Morgan fingerprint density at radius 1 is 0.848 bits per heavy atom. The maximum absolute atomic E-state index is 14.7. The molecule has 448 valence electrons. The van der Waals surface area contributed by atoms with E-state index >= 15 is 0 Å². The molecule has 1 aromatic rings. The number of rotatable bonds is 28. The third-order valence-electron chi connectivity index (χ3n) is 16.8. The highest BCUT2D eigenvalue weighted by Gasteiger charge is 2.58. The Hall–Kier alpha value is -3.77. The molecule has 11 atom stereocenters. The third kappa shape index (κ3) is 20.0. The molecule has 2 saturated heterocycles. The first-order chi connectivity index (χ1) is 36.9. The summed E-state index contributed by atoms with van der Waals surface area (Å²) in [5.74, 6) is -4.43. The second-order valence-electron chi connectivity index (χ2n) is 26.3. The predicted octanol–water partition coefficient (Wildman–Crippen LogP) is 12.6. The first-order valence-corrected chi connectivity index (χ1v) is 32.3. The zero-order valence-electron chi connectivity index (χ0n) is 51.2. The molecule has 0 bridgehead atoms. The van der Waals surface area contributed by atoms with Crippen LogP contribution >= 0.6 is 0 Å². The molecule has 16 heteroatoms. The van der Waals surface area contributed by atoms with Crippen LogP contribution < -0.4 is 0 Å². The van der Waals surface area contributed by atoms with Crippen LogP contribution in [0.3, 0.4) is 0 Å². The van der Waals surface area contributed by atoms with Gasteiger partial charge in [-0.3, -0.25) is 19.2 Å². The highest BCUT2D eigenvalue weighted by molar-refractivity contribution is 6.74. The standard InChI is InChI=1S/C63H102O15Si/c1-17-18-19-20-24-28-54(65)75-58-47(36-55(66)70-14)35-49(77-63(58,69)61(12,13)32-25-33-64)37-52(45(5)71-42-46-26-22-21-23-27-46)73-56(67)39-50(78-79(15,16)60(9,10)11)40-57(68)74-53(59(6,7)8)38-48-31-34-72-62(76-48)41-44(4)29-30-51(62)43(2)3/h21-23,25-27,32-33,36,43-45,48-53,58,69H,17-20,24,28-31,34-35,37-42H2,1-16H3/b32-25+,47-36+/t44-,45-,48+,49+,50-,51+,52-,53+,58+,62+,63-/m1/s1. The smallest absolute Gasteiger partial charge is 0.330 e. The molecule has 1 N–H and O–H groups in total. The molecule has 3 aliphatic rings. The van der Waals surface area contributed by atoms with Gasteiger partial charge in [0, 0.05) is 43.1 Å². The number of aliphatic hydroxyl groups is 1. The Morgan fingerprint density at radius 2 is 1.51 bits per heavy atom. The van der Waals surface area contributed by atoms with Gasteiger partial charge in [-0.15, -0.1) is 0 Å². The molecule has 2 aliphatic heterocycles. The van der Waals surface area contributed by atoms with E-state index in [1.165, 1.54) is 25.3 Å². The molecule has 1 aliphatic carbocycles. The number of carbonyl (C=O) groups is 5. The summed E-state index contributed by atoms with van der Waals surface area (Å²) in [4.78, 5) is 67.5. The first-order valence-electron chi connectivity index (χ1n) is 29.4. The minimum atomic E-state index is -2.63. The largest absolute Gasteiger partial charge is 0.466 e. The monoisotopic (exact) mass is 1130 g/mol. The lowest BCUT2D eigenvalue weighted by atomic mass is 9.72. The van der Waals surface area contributed by atoms with Gasteiger partial charge in [0.1, 0.15) is 18.5 Å². The fourth-order valence-corrected chi connectivity index (χ4v) is 12.3. The van der Waals surface area contributed by atoms with Crippen molar-refractivity contribution in [2.24, 2.45) is 28.6 Å². The fraction of sp³-hybridized carbons (Fsp3) is 0.762. The number of allylic oxidation sites excluding steroid dienone is 1. The molecule has 15 nitrogen and oxygen atoms in total. The first kappa shape index (κ1) is 67.7. The number of hydrogen-bond donors (Lipinski definition) is 1. The quantitative estimate of drug-likeness (QED) is 0.0208. The number of aldehydes is 1. The number of ether oxygens (including phenoxy) is 8. The van der Waals surface area contributed by atoms with Gasteiger partial charge in [-0.25, -0.2) is 4.79 Å². The molecular weight excluding hydrogens is 1020 g/mol. The van der Waals surface area contributed by atoms with E-state index in [1.54, 1.807) is 20.8 Å². The van der Waals surface area contributed by atoms with E-state index < -0.39 is 91.2 Å². The summed E-state index contributed by atoms with van der Waals surface area (Å²) in [6.07, 6.45) is 6.56. The molecular formula is C63H102O15Si. The molecule has 1 saturated carbocycles. The molecule has 1 aromatic carbocycles. The number of esters is 4. The zero-order chi connectivity index (χ0) is 59.0. The average molecular weight is 1130 g/mol. The number of unbranched alkanes of at least 4 members (excludes halogenated alkanes) is 4. The van der Waals surface area contributed by atoms with Crippen molar-refractivity contribution in [3.05, 3.63) is 59.7 Å². The Morgan fingerprint density at radius 3 is 2.11 bits per heavy atom. The molecule has 0 radical (unpaired) electrons. The summed E-state index contributed by atoms with van der Waals surface area (Å²) in [5, 5.41) is 12.6. The Bertz CT molecular complexity index is 2160. The summed E-state index contributed by atoms with van der Waals surface area (Å²) in [6.45, 7) is 31.2. The van der Waals surface area contributed by atoms with Crippen molar-refractivity contribution in [3.8, 4) is 0 Å². The van der Waals surface area contributed by atoms with Crippen LogP contribution in [0.5, 0.6) is 0 Å². The highest BCUT2D eigenvalue weighted by Crippen LogP contribution is 2.49. The van der Waals surface area contributed by atoms with E-state index in [0.717, 1.165) is 50.5 Å². The maximum atomic E-state index is 14.7. The van der Waals surface area contributed by atoms with Crippen LogP contribution in [0.4, 0.5) is 0 Å². The van der Waals surface area contributed by atoms with Crippen molar-refractivity contribution in [2.45, 2.75) is 265 Å². The van der Waals surface area contributed by atoms with Crippen molar-refractivity contribution < 1.29 is 71.4 Å². The minimum Gasteiger partial charge on any atom is -0.466 e. The second-order valence-corrected chi connectivity index (χ2v) is 31.1. The Balaban J connectivity index is 1.67. The lowest BCUT2D eigenvalue weighted by Crippen LogP contribution is -2.62. The molecule has 2 heterocycles. The summed E-state index contributed by atoms with van der Waals surface area (Å²) in [6, 6.07) is 9.53. The van der Waals surface area contributed by atoms with E-state index in [4.69, 9.17) is 42.3 Å². The summed E-state index contributed by atoms with van der Waals surface area (Å²) < 4.78 is 57.5. The summed E-state index contributed by atoms with van der Waals surface area (Å²) in [7, 11) is -1.41. The van der Waals surface area contributed by atoms with Crippen molar-refractivity contribution in [1.82, 2.24) is 0 Å². The van der Waals surface area contributed by atoms with Gasteiger partial charge in [-0.1, -0.05) is 152 Å².